The molecule has 0 aliphatic rings. The Morgan fingerprint density at radius 1 is 1.14 bits per heavy atom. The van der Waals surface area contributed by atoms with Crippen LogP contribution in [0.15, 0.2) is 0 Å². The predicted molar refractivity (Wildman–Crippen MR) is 64.0 cm³/mol. The van der Waals surface area contributed by atoms with Crippen LogP contribution < -0.4 is 0 Å². The van der Waals surface area contributed by atoms with Gasteiger partial charge in [0.25, 0.3) is 0 Å². The molecule has 0 rings (SSSR count). The van der Waals surface area contributed by atoms with Gasteiger partial charge in [-0.1, -0.05) is 33.6 Å². The SMILES string of the molecule is CCCC(=N)N(CC)CC(CC)CC. The molecule has 0 spiro atoms. The molecule has 2 nitrogen and oxygen atoms in total. The Bertz CT molecular complexity index is 150. The van der Waals surface area contributed by atoms with Gasteiger partial charge in [0.05, 0.1) is 5.84 Å². The second-order valence-corrected chi connectivity index (χ2v) is 3.92. The molecular formula is C12H26N2. The number of hydrogen-bond acceptors (Lipinski definition) is 1. The molecule has 0 aliphatic carbocycles. The molecule has 0 fully saturated rings. The second kappa shape index (κ2) is 7.84. The second-order valence-electron chi connectivity index (χ2n) is 3.92. The molecule has 0 aromatic rings. The van der Waals surface area contributed by atoms with Gasteiger partial charge in [-0.05, 0) is 19.3 Å². The van der Waals surface area contributed by atoms with E-state index in [1.165, 1.54) is 12.8 Å². The van der Waals surface area contributed by atoms with Crippen molar-refractivity contribution in [2.75, 3.05) is 13.1 Å². The van der Waals surface area contributed by atoms with Gasteiger partial charge in [-0.25, -0.2) is 0 Å². The molecule has 0 aromatic heterocycles. The Hall–Kier alpha value is -0.530. The van der Waals surface area contributed by atoms with Gasteiger partial charge in [0.2, 0.25) is 0 Å². The third-order valence-corrected chi connectivity index (χ3v) is 2.88. The van der Waals surface area contributed by atoms with Crippen LogP contribution >= 0.6 is 0 Å². The number of amidine groups is 1. The highest BCUT2D eigenvalue weighted by Gasteiger charge is 2.11. The molecular weight excluding hydrogens is 172 g/mol. The van der Waals surface area contributed by atoms with E-state index < -0.39 is 0 Å². The standard InChI is InChI=1S/C12H26N2/c1-5-9-12(13)14(8-4)10-11(6-2)7-3/h11,13H,5-10H2,1-4H3. The molecule has 84 valence electrons. The smallest absolute Gasteiger partial charge is 0.0957 e. The summed E-state index contributed by atoms with van der Waals surface area (Å²) in [5.41, 5.74) is 0. The zero-order chi connectivity index (χ0) is 11.0. The van der Waals surface area contributed by atoms with E-state index in [0.29, 0.717) is 0 Å². The molecule has 0 saturated carbocycles. The lowest BCUT2D eigenvalue weighted by Crippen LogP contribution is -2.34. The van der Waals surface area contributed by atoms with Gasteiger partial charge in [0, 0.05) is 19.5 Å². The summed E-state index contributed by atoms with van der Waals surface area (Å²) in [6.45, 7) is 10.8. The van der Waals surface area contributed by atoms with E-state index in [1.807, 2.05) is 0 Å². The summed E-state index contributed by atoms with van der Waals surface area (Å²) < 4.78 is 0. The van der Waals surface area contributed by atoms with E-state index in [9.17, 15) is 0 Å². The fourth-order valence-corrected chi connectivity index (χ4v) is 1.68. The molecule has 1 N–H and O–H groups in total. The van der Waals surface area contributed by atoms with E-state index in [0.717, 1.165) is 37.7 Å². The lowest BCUT2D eigenvalue weighted by Gasteiger charge is -2.27. The first-order chi connectivity index (χ1) is 6.69. The Morgan fingerprint density at radius 3 is 2.07 bits per heavy atom. The monoisotopic (exact) mass is 198 g/mol. The van der Waals surface area contributed by atoms with Crippen LogP contribution in [-0.4, -0.2) is 23.8 Å². The minimum Gasteiger partial charge on any atom is -0.361 e. The zero-order valence-corrected chi connectivity index (χ0v) is 10.3. The molecule has 0 amide bonds. The van der Waals surface area contributed by atoms with Gasteiger partial charge in [-0.15, -0.1) is 0 Å². The van der Waals surface area contributed by atoms with Crippen LogP contribution in [0.5, 0.6) is 0 Å². The first kappa shape index (κ1) is 13.5. The van der Waals surface area contributed by atoms with Crippen LogP contribution in [0.3, 0.4) is 0 Å². The Kier molecular flexibility index (Phi) is 7.54. The third kappa shape index (κ3) is 4.64. The first-order valence-corrected chi connectivity index (χ1v) is 6.01. The first-order valence-electron chi connectivity index (χ1n) is 6.01. The topological polar surface area (TPSA) is 27.1 Å². The fraction of sp³-hybridized carbons (Fsp3) is 0.917. The van der Waals surface area contributed by atoms with Gasteiger partial charge in [-0.2, -0.15) is 0 Å². The lowest BCUT2D eigenvalue weighted by atomic mass is 10.0. The van der Waals surface area contributed by atoms with E-state index >= 15 is 0 Å². The molecule has 0 heterocycles. The highest BCUT2D eigenvalue weighted by Crippen LogP contribution is 2.11. The summed E-state index contributed by atoms with van der Waals surface area (Å²) in [7, 11) is 0. The van der Waals surface area contributed by atoms with Crippen molar-refractivity contribution in [1.29, 1.82) is 5.41 Å². The average Bonchev–Trinajstić information content (AvgIpc) is 2.20. The maximum atomic E-state index is 7.92. The van der Waals surface area contributed by atoms with Gasteiger partial charge >= 0.3 is 0 Å². The molecule has 0 aliphatic heterocycles. The minimum absolute atomic E-state index is 0.757. The number of rotatable bonds is 7. The summed E-state index contributed by atoms with van der Waals surface area (Å²) in [4.78, 5) is 2.22. The molecule has 0 unspecified atom stereocenters. The van der Waals surface area contributed by atoms with Crippen molar-refractivity contribution in [3.05, 3.63) is 0 Å². The van der Waals surface area contributed by atoms with Crippen LogP contribution in [0.4, 0.5) is 0 Å². The molecule has 0 saturated heterocycles. The van der Waals surface area contributed by atoms with Crippen molar-refractivity contribution in [2.24, 2.45) is 5.92 Å². The largest absolute Gasteiger partial charge is 0.361 e. The summed E-state index contributed by atoms with van der Waals surface area (Å²) in [6.07, 6.45) is 4.46. The predicted octanol–water partition coefficient (Wildman–Crippen LogP) is 3.52. The number of hydrogen-bond donors (Lipinski definition) is 1. The molecule has 0 atom stereocenters. The number of nitrogens with zero attached hydrogens (tertiary/aromatic N) is 1. The van der Waals surface area contributed by atoms with Crippen molar-refractivity contribution >= 4 is 5.84 Å². The third-order valence-electron chi connectivity index (χ3n) is 2.88. The van der Waals surface area contributed by atoms with Crippen molar-refractivity contribution in [3.63, 3.8) is 0 Å². The van der Waals surface area contributed by atoms with E-state index in [2.05, 4.69) is 32.6 Å². The molecule has 14 heavy (non-hydrogen) atoms. The maximum Gasteiger partial charge on any atom is 0.0957 e. The number of nitrogens with one attached hydrogen (secondary N) is 1. The molecule has 0 radical (unpaired) electrons. The van der Waals surface area contributed by atoms with Gasteiger partial charge in [0.15, 0.2) is 0 Å². The summed E-state index contributed by atoms with van der Waals surface area (Å²) in [6, 6.07) is 0. The Labute approximate surface area is 89.2 Å². The van der Waals surface area contributed by atoms with Crippen molar-refractivity contribution in [3.8, 4) is 0 Å². The van der Waals surface area contributed by atoms with Crippen molar-refractivity contribution < 1.29 is 0 Å². The quantitative estimate of drug-likeness (QED) is 0.492. The van der Waals surface area contributed by atoms with Crippen LogP contribution in [0, 0.1) is 11.3 Å². The van der Waals surface area contributed by atoms with Crippen LogP contribution in [0.1, 0.15) is 53.4 Å². The minimum atomic E-state index is 0.757. The summed E-state index contributed by atoms with van der Waals surface area (Å²) in [5.74, 6) is 1.58. The maximum absolute atomic E-state index is 7.92. The van der Waals surface area contributed by atoms with Gasteiger partial charge in [-0.3, -0.25) is 5.41 Å². The normalized spacial score (nSPS) is 10.6. The highest BCUT2D eigenvalue weighted by atomic mass is 15.2. The highest BCUT2D eigenvalue weighted by molar-refractivity contribution is 5.78. The fourth-order valence-electron chi connectivity index (χ4n) is 1.68. The van der Waals surface area contributed by atoms with Gasteiger partial charge < -0.3 is 4.90 Å². The van der Waals surface area contributed by atoms with Crippen molar-refractivity contribution in [1.82, 2.24) is 4.90 Å². The van der Waals surface area contributed by atoms with Crippen LogP contribution in [0.2, 0.25) is 0 Å². The molecule has 0 bridgehead atoms. The average molecular weight is 198 g/mol. The molecule has 2 heteroatoms. The lowest BCUT2D eigenvalue weighted by molar-refractivity contribution is 0.328. The van der Waals surface area contributed by atoms with E-state index in [4.69, 9.17) is 5.41 Å². The summed E-state index contributed by atoms with van der Waals surface area (Å²) >= 11 is 0. The van der Waals surface area contributed by atoms with E-state index in [1.54, 1.807) is 0 Å². The summed E-state index contributed by atoms with van der Waals surface area (Å²) in [5, 5.41) is 7.92. The van der Waals surface area contributed by atoms with Crippen LogP contribution in [0.25, 0.3) is 0 Å². The zero-order valence-electron chi connectivity index (χ0n) is 10.3. The molecule has 0 aromatic carbocycles. The van der Waals surface area contributed by atoms with Crippen LogP contribution in [-0.2, 0) is 0 Å². The van der Waals surface area contributed by atoms with Gasteiger partial charge in [0.1, 0.15) is 0 Å². The Balaban J connectivity index is 4.05. The van der Waals surface area contributed by atoms with E-state index in [-0.39, 0.29) is 0 Å². The Morgan fingerprint density at radius 2 is 1.71 bits per heavy atom. The van der Waals surface area contributed by atoms with Crippen molar-refractivity contribution in [2.45, 2.75) is 53.4 Å².